The van der Waals surface area contributed by atoms with Gasteiger partial charge >= 0.3 is 0 Å². The molecule has 2 atom stereocenters. The molecule has 0 unspecified atom stereocenters. The van der Waals surface area contributed by atoms with Crippen LogP contribution < -0.4 is 0 Å². The Bertz CT molecular complexity index is 147. The lowest BCUT2D eigenvalue weighted by molar-refractivity contribution is -0.157. The third-order valence-electron chi connectivity index (χ3n) is 2.56. The average molecular weight is 186 g/mol. The average Bonchev–Trinajstić information content (AvgIpc) is 2.41. The predicted molar refractivity (Wildman–Crippen MR) is 53.7 cm³/mol. The van der Waals surface area contributed by atoms with Crippen molar-refractivity contribution in [3.63, 3.8) is 0 Å². The maximum Gasteiger partial charge on any atom is 0.166 e. The van der Waals surface area contributed by atoms with Gasteiger partial charge in [0.25, 0.3) is 0 Å². The number of hydrogen-bond donors (Lipinski definition) is 0. The maximum atomic E-state index is 5.71. The molecule has 0 amide bonds. The van der Waals surface area contributed by atoms with Crippen LogP contribution in [0, 0.1) is 0 Å². The van der Waals surface area contributed by atoms with E-state index in [0.717, 1.165) is 13.0 Å². The monoisotopic (exact) mass is 186 g/mol. The normalized spacial score (nSPS) is 33.9. The highest BCUT2D eigenvalue weighted by molar-refractivity contribution is 4.72. The van der Waals surface area contributed by atoms with Crippen LogP contribution in [0.2, 0.25) is 0 Å². The number of unbranched alkanes of at least 4 members (excludes halogenated alkanes) is 3. The van der Waals surface area contributed by atoms with E-state index in [-0.39, 0.29) is 11.9 Å². The summed E-state index contributed by atoms with van der Waals surface area (Å²) in [5.74, 6) is -0.285. The van der Waals surface area contributed by atoms with Crippen LogP contribution in [-0.4, -0.2) is 18.5 Å². The van der Waals surface area contributed by atoms with E-state index in [4.69, 9.17) is 9.47 Å². The Hall–Kier alpha value is -0.0800. The molecule has 2 nitrogen and oxygen atoms in total. The van der Waals surface area contributed by atoms with E-state index < -0.39 is 0 Å². The highest BCUT2D eigenvalue weighted by Gasteiger charge is 2.34. The summed E-state index contributed by atoms with van der Waals surface area (Å²) >= 11 is 0. The van der Waals surface area contributed by atoms with Crippen molar-refractivity contribution in [2.45, 2.75) is 64.8 Å². The molecule has 1 rings (SSSR count). The van der Waals surface area contributed by atoms with Crippen molar-refractivity contribution in [2.24, 2.45) is 0 Å². The van der Waals surface area contributed by atoms with Gasteiger partial charge in [0, 0.05) is 6.42 Å². The Morgan fingerprint density at radius 1 is 1.31 bits per heavy atom. The zero-order valence-corrected chi connectivity index (χ0v) is 9.14. The first-order valence-corrected chi connectivity index (χ1v) is 5.48. The highest BCUT2D eigenvalue weighted by atomic mass is 16.7. The minimum absolute atomic E-state index is 0.274. The molecule has 0 radical (unpaired) electrons. The van der Waals surface area contributed by atoms with E-state index >= 15 is 0 Å². The van der Waals surface area contributed by atoms with Crippen molar-refractivity contribution >= 4 is 0 Å². The van der Waals surface area contributed by atoms with E-state index in [9.17, 15) is 0 Å². The van der Waals surface area contributed by atoms with Gasteiger partial charge in [0.15, 0.2) is 5.79 Å². The molecule has 0 aromatic heterocycles. The molecule has 1 saturated heterocycles. The molecule has 13 heavy (non-hydrogen) atoms. The van der Waals surface area contributed by atoms with Crippen molar-refractivity contribution in [3.05, 3.63) is 0 Å². The van der Waals surface area contributed by atoms with Crippen LogP contribution in [0.4, 0.5) is 0 Å². The fourth-order valence-corrected chi connectivity index (χ4v) is 1.79. The van der Waals surface area contributed by atoms with Crippen LogP contribution in [-0.2, 0) is 9.47 Å². The van der Waals surface area contributed by atoms with Gasteiger partial charge in [0.2, 0.25) is 0 Å². The Morgan fingerprint density at radius 3 is 2.62 bits per heavy atom. The van der Waals surface area contributed by atoms with Gasteiger partial charge in [-0.25, -0.2) is 0 Å². The standard InChI is InChI=1S/C11H22O2/c1-4-5-6-7-8-11(3)12-9-10(2)13-11/h10H,4-9H2,1-3H3/t10-,11+/m1/s1. The molecule has 0 saturated carbocycles. The van der Waals surface area contributed by atoms with Gasteiger partial charge in [-0.15, -0.1) is 0 Å². The summed E-state index contributed by atoms with van der Waals surface area (Å²) in [5.41, 5.74) is 0. The van der Waals surface area contributed by atoms with Crippen molar-refractivity contribution in [3.8, 4) is 0 Å². The fourth-order valence-electron chi connectivity index (χ4n) is 1.79. The van der Waals surface area contributed by atoms with Crippen LogP contribution in [0.25, 0.3) is 0 Å². The number of ether oxygens (including phenoxy) is 2. The number of hydrogen-bond acceptors (Lipinski definition) is 2. The predicted octanol–water partition coefficient (Wildman–Crippen LogP) is 3.11. The van der Waals surface area contributed by atoms with Gasteiger partial charge in [-0.3, -0.25) is 0 Å². The molecule has 1 aliphatic heterocycles. The molecule has 0 bridgehead atoms. The quantitative estimate of drug-likeness (QED) is 0.614. The fraction of sp³-hybridized carbons (Fsp3) is 1.00. The van der Waals surface area contributed by atoms with E-state index in [1.165, 1.54) is 25.7 Å². The summed E-state index contributed by atoms with van der Waals surface area (Å²) in [6.45, 7) is 7.11. The molecular formula is C11H22O2. The van der Waals surface area contributed by atoms with Gasteiger partial charge in [0.05, 0.1) is 12.7 Å². The zero-order chi connectivity index (χ0) is 9.73. The largest absolute Gasteiger partial charge is 0.348 e. The van der Waals surface area contributed by atoms with E-state index in [1.807, 2.05) is 0 Å². The number of rotatable bonds is 5. The smallest absolute Gasteiger partial charge is 0.166 e. The second kappa shape index (κ2) is 4.97. The van der Waals surface area contributed by atoms with Crippen molar-refractivity contribution in [1.82, 2.24) is 0 Å². The molecule has 1 aliphatic rings. The van der Waals surface area contributed by atoms with E-state index in [2.05, 4.69) is 20.8 Å². The van der Waals surface area contributed by atoms with Gasteiger partial charge in [-0.1, -0.05) is 26.2 Å². The molecule has 0 aromatic carbocycles. The topological polar surface area (TPSA) is 18.5 Å². The van der Waals surface area contributed by atoms with Crippen LogP contribution in [0.15, 0.2) is 0 Å². The Labute approximate surface area is 81.6 Å². The second-order valence-corrected chi connectivity index (χ2v) is 4.18. The Kier molecular flexibility index (Phi) is 4.20. The third-order valence-corrected chi connectivity index (χ3v) is 2.56. The molecule has 1 heterocycles. The summed E-state index contributed by atoms with van der Waals surface area (Å²) in [5, 5.41) is 0. The molecule has 2 heteroatoms. The van der Waals surface area contributed by atoms with Gasteiger partial charge in [-0.2, -0.15) is 0 Å². The molecule has 0 aliphatic carbocycles. The summed E-state index contributed by atoms with van der Waals surface area (Å²) in [7, 11) is 0. The van der Waals surface area contributed by atoms with Crippen molar-refractivity contribution < 1.29 is 9.47 Å². The Balaban J connectivity index is 2.12. The molecule has 78 valence electrons. The van der Waals surface area contributed by atoms with Crippen LogP contribution in [0.1, 0.15) is 52.9 Å². The molecule has 0 spiro atoms. The molecule has 0 aromatic rings. The molecule has 0 N–H and O–H groups in total. The Morgan fingerprint density at radius 2 is 2.08 bits per heavy atom. The zero-order valence-electron chi connectivity index (χ0n) is 9.14. The first-order chi connectivity index (χ1) is 6.16. The van der Waals surface area contributed by atoms with Crippen LogP contribution in [0.3, 0.4) is 0 Å². The summed E-state index contributed by atoms with van der Waals surface area (Å²) in [4.78, 5) is 0. The highest BCUT2D eigenvalue weighted by Crippen LogP contribution is 2.28. The first-order valence-electron chi connectivity index (χ1n) is 5.48. The minimum Gasteiger partial charge on any atom is -0.348 e. The summed E-state index contributed by atoms with van der Waals surface area (Å²) in [6.07, 6.45) is 6.44. The maximum absolute atomic E-state index is 5.71. The lowest BCUT2D eigenvalue weighted by Crippen LogP contribution is -2.25. The van der Waals surface area contributed by atoms with Gasteiger partial charge in [-0.05, 0) is 20.3 Å². The van der Waals surface area contributed by atoms with Crippen LogP contribution in [0.5, 0.6) is 0 Å². The summed E-state index contributed by atoms with van der Waals surface area (Å²) in [6, 6.07) is 0. The van der Waals surface area contributed by atoms with Gasteiger partial charge < -0.3 is 9.47 Å². The first kappa shape index (κ1) is 11.0. The van der Waals surface area contributed by atoms with Crippen molar-refractivity contribution in [1.29, 1.82) is 0 Å². The lowest BCUT2D eigenvalue weighted by Gasteiger charge is -2.22. The van der Waals surface area contributed by atoms with Crippen molar-refractivity contribution in [2.75, 3.05) is 6.61 Å². The van der Waals surface area contributed by atoms with Crippen LogP contribution >= 0.6 is 0 Å². The van der Waals surface area contributed by atoms with E-state index in [1.54, 1.807) is 0 Å². The molecular weight excluding hydrogens is 164 g/mol. The SMILES string of the molecule is CCCCCC[C@@]1(C)OC[C@@H](C)O1. The second-order valence-electron chi connectivity index (χ2n) is 4.18. The molecule has 1 fully saturated rings. The van der Waals surface area contributed by atoms with E-state index in [0.29, 0.717) is 0 Å². The minimum atomic E-state index is -0.285. The third kappa shape index (κ3) is 3.65. The summed E-state index contributed by atoms with van der Waals surface area (Å²) < 4.78 is 11.3. The lowest BCUT2D eigenvalue weighted by atomic mass is 10.1. The van der Waals surface area contributed by atoms with Gasteiger partial charge in [0.1, 0.15) is 0 Å².